The predicted octanol–water partition coefficient (Wildman–Crippen LogP) is -2.48. The average molecular weight is 177 g/mol. The van der Waals surface area contributed by atoms with E-state index in [0.29, 0.717) is 0 Å². The first-order valence-electron chi connectivity index (χ1n) is 3.50. The number of carboxylic acids is 1. The summed E-state index contributed by atoms with van der Waals surface area (Å²) in [5.41, 5.74) is 5.32. The van der Waals surface area contributed by atoms with Crippen molar-refractivity contribution in [1.82, 2.24) is 0 Å². The van der Waals surface area contributed by atoms with Crippen molar-refractivity contribution in [3.63, 3.8) is 0 Å². The Kier molecular flexibility index (Phi) is 2.63. The highest BCUT2D eigenvalue weighted by molar-refractivity contribution is 5.74. The Morgan fingerprint density at radius 2 is 2.17 bits per heavy atom. The van der Waals surface area contributed by atoms with Gasteiger partial charge in [0, 0.05) is 0 Å². The third kappa shape index (κ3) is 1.42. The van der Waals surface area contributed by atoms with Crippen LogP contribution in [0.5, 0.6) is 0 Å². The van der Waals surface area contributed by atoms with Gasteiger partial charge in [-0.15, -0.1) is 0 Å². The van der Waals surface area contributed by atoms with Crippen LogP contribution in [0, 0.1) is 0 Å². The summed E-state index contributed by atoms with van der Waals surface area (Å²) < 4.78 is 4.77. The van der Waals surface area contributed by atoms with Crippen LogP contribution in [-0.4, -0.2) is 52.2 Å². The average Bonchev–Trinajstić information content (AvgIpc) is 2.30. The highest BCUT2D eigenvalue weighted by Crippen LogP contribution is 2.19. The second-order valence-corrected chi connectivity index (χ2v) is 2.68. The van der Waals surface area contributed by atoms with Crippen LogP contribution in [0.25, 0.3) is 0 Å². The third-order valence-electron chi connectivity index (χ3n) is 1.87. The molecule has 70 valence electrons. The zero-order valence-electron chi connectivity index (χ0n) is 6.25. The molecule has 0 aliphatic carbocycles. The Hall–Kier alpha value is -0.690. The van der Waals surface area contributed by atoms with Gasteiger partial charge in [0.1, 0.15) is 12.2 Å². The summed E-state index contributed by atoms with van der Waals surface area (Å²) in [7, 11) is 0. The smallest absolute Gasteiger partial charge is 0.334 e. The molecule has 12 heavy (non-hydrogen) atoms. The Balaban J connectivity index is 2.66. The normalized spacial score (nSPS) is 41.6. The summed E-state index contributed by atoms with van der Waals surface area (Å²) in [5, 5.41) is 26.3. The van der Waals surface area contributed by atoms with Gasteiger partial charge < -0.3 is 25.8 Å². The number of hydrogen-bond donors (Lipinski definition) is 4. The van der Waals surface area contributed by atoms with Gasteiger partial charge in [0.05, 0.1) is 12.6 Å². The number of aliphatic hydroxyl groups is 2. The molecule has 1 saturated heterocycles. The molecule has 6 heteroatoms. The highest BCUT2D eigenvalue weighted by Gasteiger charge is 2.44. The van der Waals surface area contributed by atoms with Gasteiger partial charge >= 0.3 is 5.97 Å². The maximum absolute atomic E-state index is 10.4. The van der Waals surface area contributed by atoms with Crippen molar-refractivity contribution in [3.05, 3.63) is 0 Å². The van der Waals surface area contributed by atoms with Gasteiger partial charge in [-0.25, -0.2) is 4.79 Å². The van der Waals surface area contributed by atoms with Crippen LogP contribution in [0.15, 0.2) is 0 Å². The lowest BCUT2D eigenvalue weighted by Crippen LogP contribution is -2.43. The van der Waals surface area contributed by atoms with Crippen LogP contribution in [-0.2, 0) is 9.53 Å². The standard InChI is InChI=1S/C6H11NO5/c7-3-4(9)2(1-8)12-5(3)6(10)11/h2-5,8-9H,1,7H2,(H,10,11)/t2-,3+,4+,5+/m1/s1. The van der Waals surface area contributed by atoms with Crippen LogP contribution in [0.3, 0.4) is 0 Å². The molecule has 0 bridgehead atoms. The van der Waals surface area contributed by atoms with Crippen LogP contribution in [0.1, 0.15) is 0 Å². The summed E-state index contributed by atoms with van der Waals surface area (Å²) >= 11 is 0. The predicted molar refractivity (Wildman–Crippen MR) is 37.4 cm³/mol. The maximum atomic E-state index is 10.4. The van der Waals surface area contributed by atoms with E-state index in [0.717, 1.165) is 0 Å². The zero-order chi connectivity index (χ0) is 9.30. The molecule has 4 atom stereocenters. The second-order valence-electron chi connectivity index (χ2n) is 2.68. The summed E-state index contributed by atoms with van der Waals surface area (Å²) in [6, 6.07) is -0.973. The van der Waals surface area contributed by atoms with E-state index in [4.69, 9.17) is 20.7 Å². The lowest BCUT2D eigenvalue weighted by molar-refractivity contribution is -0.150. The van der Waals surface area contributed by atoms with Crippen molar-refractivity contribution in [1.29, 1.82) is 0 Å². The Morgan fingerprint density at radius 3 is 2.42 bits per heavy atom. The molecule has 6 nitrogen and oxygen atoms in total. The number of ether oxygens (including phenoxy) is 1. The van der Waals surface area contributed by atoms with Crippen molar-refractivity contribution in [2.75, 3.05) is 6.61 Å². The molecule has 0 aromatic heterocycles. The van der Waals surface area contributed by atoms with E-state index in [1.165, 1.54) is 0 Å². The van der Waals surface area contributed by atoms with Crippen LogP contribution < -0.4 is 5.73 Å². The van der Waals surface area contributed by atoms with E-state index in [-0.39, 0.29) is 0 Å². The molecule has 1 fully saturated rings. The lowest BCUT2D eigenvalue weighted by atomic mass is 10.1. The third-order valence-corrected chi connectivity index (χ3v) is 1.87. The first-order valence-corrected chi connectivity index (χ1v) is 3.50. The van der Waals surface area contributed by atoms with Gasteiger partial charge in [-0.2, -0.15) is 0 Å². The minimum atomic E-state index is -1.22. The fourth-order valence-corrected chi connectivity index (χ4v) is 1.16. The van der Waals surface area contributed by atoms with Gasteiger partial charge in [-0.05, 0) is 0 Å². The quantitative estimate of drug-likeness (QED) is 0.371. The molecular formula is C6H11NO5. The minimum absolute atomic E-state index is 0.432. The Bertz CT molecular complexity index is 185. The van der Waals surface area contributed by atoms with E-state index in [9.17, 15) is 9.90 Å². The van der Waals surface area contributed by atoms with Crippen LogP contribution in [0.4, 0.5) is 0 Å². The number of hydrogen-bond acceptors (Lipinski definition) is 5. The first kappa shape index (κ1) is 9.40. The maximum Gasteiger partial charge on any atom is 0.334 e. The van der Waals surface area contributed by atoms with E-state index < -0.39 is 36.9 Å². The number of aliphatic hydroxyl groups excluding tert-OH is 2. The topological polar surface area (TPSA) is 113 Å². The van der Waals surface area contributed by atoms with E-state index in [1.807, 2.05) is 0 Å². The summed E-state index contributed by atoms with van der Waals surface area (Å²) in [5.74, 6) is -1.22. The molecule has 0 aromatic carbocycles. The first-order chi connectivity index (χ1) is 5.57. The zero-order valence-corrected chi connectivity index (χ0v) is 6.25. The van der Waals surface area contributed by atoms with Crippen LogP contribution >= 0.6 is 0 Å². The fourth-order valence-electron chi connectivity index (χ4n) is 1.16. The molecule has 1 aliphatic heterocycles. The monoisotopic (exact) mass is 177 g/mol. The largest absolute Gasteiger partial charge is 0.479 e. The SMILES string of the molecule is N[C@H]1[C@@H](O)[C@@H](CO)O[C@@H]1C(=O)O. The fraction of sp³-hybridized carbons (Fsp3) is 0.833. The van der Waals surface area contributed by atoms with Gasteiger partial charge in [-0.1, -0.05) is 0 Å². The number of aliphatic carboxylic acids is 1. The molecule has 0 amide bonds. The molecule has 1 rings (SSSR count). The molecule has 0 unspecified atom stereocenters. The van der Waals surface area contributed by atoms with Crippen molar-refractivity contribution in [3.8, 4) is 0 Å². The number of carbonyl (C=O) groups is 1. The van der Waals surface area contributed by atoms with E-state index >= 15 is 0 Å². The van der Waals surface area contributed by atoms with Crippen LogP contribution in [0.2, 0.25) is 0 Å². The minimum Gasteiger partial charge on any atom is -0.479 e. The summed E-state index contributed by atoms with van der Waals surface area (Å²) in [6.45, 7) is -0.432. The Morgan fingerprint density at radius 1 is 1.58 bits per heavy atom. The van der Waals surface area contributed by atoms with Gasteiger partial charge in [0.25, 0.3) is 0 Å². The summed E-state index contributed by atoms with van der Waals surface area (Å²) in [4.78, 5) is 10.4. The Labute approximate surface area is 68.6 Å². The molecule has 0 saturated carbocycles. The van der Waals surface area contributed by atoms with E-state index in [1.54, 1.807) is 0 Å². The van der Waals surface area contributed by atoms with Gasteiger partial charge in [0.15, 0.2) is 6.10 Å². The lowest BCUT2D eigenvalue weighted by Gasteiger charge is -2.11. The molecule has 5 N–H and O–H groups in total. The van der Waals surface area contributed by atoms with Crippen molar-refractivity contribution >= 4 is 5.97 Å². The molecule has 1 heterocycles. The number of nitrogens with two attached hydrogens (primary N) is 1. The molecule has 0 spiro atoms. The van der Waals surface area contributed by atoms with Crippen molar-refractivity contribution in [2.24, 2.45) is 5.73 Å². The number of rotatable bonds is 2. The second kappa shape index (κ2) is 3.36. The van der Waals surface area contributed by atoms with E-state index in [2.05, 4.69) is 0 Å². The van der Waals surface area contributed by atoms with Gasteiger partial charge in [-0.3, -0.25) is 0 Å². The molecule has 0 aromatic rings. The molecule has 1 aliphatic rings. The highest BCUT2D eigenvalue weighted by atomic mass is 16.6. The number of carboxylic acid groups (broad SMARTS) is 1. The molecule has 0 radical (unpaired) electrons. The van der Waals surface area contributed by atoms with Crippen molar-refractivity contribution in [2.45, 2.75) is 24.4 Å². The van der Waals surface area contributed by atoms with Crippen molar-refractivity contribution < 1.29 is 24.9 Å². The summed E-state index contributed by atoms with van der Waals surface area (Å²) in [6.07, 6.45) is -3.23. The van der Waals surface area contributed by atoms with Gasteiger partial charge in [0.2, 0.25) is 0 Å². The molecular weight excluding hydrogens is 166 g/mol.